The van der Waals surface area contributed by atoms with Crippen LogP contribution in [0.2, 0.25) is 0 Å². The van der Waals surface area contributed by atoms with Gasteiger partial charge in [-0.3, -0.25) is 43.3 Å². The number of nitrogens with zero attached hydrogens (tertiary/aromatic N) is 1. The highest BCUT2D eigenvalue weighted by Gasteiger charge is 2.18. The van der Waals surface area contributed by atoms with E-state index in [4.69, 9.17) is 18.9 Å². The summed E-state index contributed by atoms with van der Waals surface area (Å²) in [5.74, 6) is -1.15. The van der Waals surface area contributed by atoms with Gasteiger partial charge in [-0.1, -0.05) is 6.92 Å². The van der Waals surface area contributed by atoms with Gasteiger partial charge in [0, 0.05) is 84.7 Å². The van der Waals surface area contributed by atoms with Crippen molar-refractivity contribution in [3.8, 4) is 0 Å². The van der Waals surface area contributed by atoms with Gasteiger partial charge in [0.2, 0.25) is 5.91 Å². The Morgan fingerprint density at radius 1 is 0.451 bits per heavy atom. The highest BCUT2D eigenvalue weighted by atomic mass is 16.5. The summed E-state index contributed by atoms with van der Waals surface area (Å²) in [7, 11) is 0. The van der Waals surface area contributed by atoms with Crippen molar-refractivity contribution in [2.45, 2.75) is 111 Å². The third-order valence-electron chi connectivity index (χ3n) is 7.22. The SMILES string of the molecule is CCCOCCCC(=O)CCOCCNC(=O)CN(CC(=O)CCCOCCCC(=O)CC(C)=O)CC(=O)CCCOCCCC(=O)CC(C)=O. The number of carbonyl (C=O) groups is 8. The summed E-state index contributed by atoms with van der Waals surface area (Å²) in [4.78, 5) is 96.8. The minimum atomic E-state index is -0.368. The van der Waals surface area contributed by atoms with E-state index in [0.29, 0.717) is 78.2 Å². The predicted molar refractivity (Wildman–Crippen MR) is 189 cm³/mol. The van der Waals surface area contributed by atoms with Crippen molar-refractivity contribution >= 4 is 46.4 Å². The van der Waals surface area contributed by atoms with Crippen LogP contribution in [0.4, 0.5) is 0 Å². The molecule has 0 bridgehead atoms. The molecule has 1 N–H and O–H groups in total. The number of ether oxygens (including phenoxy) is 4. The summed E-state index contributed by atoms with van der Waals surface area (Å²) in [6.07, 6.45) is 4.99. The van der Waals surface area contributed by atoms with Crippen molar-refractivity contribution < 1.29 is 57.3 Å². The lowest BCUT2D eigenvalue weighted by Gasteiger charge is -2.20. The molecule has 0 unspecified atom stereocenters. The largest absolute Gasteiger partial charge is 0.381 e. The molecule has 292 valence electrons. The molecule has 0 aromatic carbocycles. The van der Waals surface area contributed by atoms with Gasteiger partial charge >= 0.3 is 0 Å². The Morgan fingerprint density at radius 2 is 0.843 bits per heavy atom. The van der Waals surface area contributed by atoms with Crippen LogP contribution in [-0.2, 0) is 57.3 Å². The van der Waals surface area contributed by atoms with Crippen LogP contribution in [0.15, 0.2) is 0 Å². The van der Waals surface area contributed by atoms with Crippen LogP contribution in [0, 0.1) is 0 Å². The molecule has 0 aliphatic carbocycles. The first-order chi connectivity index (χ1) is 24.4. The molecule has 0 fully saturated rings. The lowest BCUT2D eigenvalue weighted by Crippen LogP contribution is -2.43. The predicted octanol–water partition coefficient (Wildman–Crippen LogP) is 2.98. The molecule has 0 aliphatic heterocycles. The number of Topliss-reactive ketones (excluding diaryl/α,β-unsaturated/α-hetero) is 7. The number of hydrogen-bond donors (Lipinski definition) is 1. The molecule has 0 radical (unpaired) electrons. The average Bonchev–Trinajstić information content (AvgIpc) is 3.04. The van der Waals surface area contributed by atoms with E-state index in [1.165, 1.54) is 18.7 Å². The monoisotopic (exact) mass is 726 g/mol. The Labute approximate surface area is 303 Å². The molecule has 0 spiro atoms. The molecule has 0 aromatic rings. The van der Waals surface area contributed by atoms with Crippen molar-refractivity contribution in [1.29, 1.82) is 0 Å². The number of carbonyl (C=O) groups excluding carboxylic acids is 8. The second-order valence-corrected chi connectivity index (χ2v) is 12.7. The van der Waals surface area contributed by atoms with E-state index >= 15 is 0 Å². The Balaban J connectivity index is 4.56. The molecule has 0 rings (SSSR count). The van der Waals surface area contributed by atoms with Crippen LogP contribution >= 0.6 is 0 Å². The van der Waals surface area contributed by atoms with Gasteiger partial charge < -0.3 is 24.3 Å². The van der Waals surface area contributed by atoms with E-state index in [1.807, 2.05) is 6.92 Å². The Bertz CT molecular complexity index is 1010. The van der Waals surface area contributed by atoms with Crippen LogP contribution in [0.3, 0.4) is 0 Å². The summed E-state index contributed by atoms with van der Waals surface area (Å²) >= 11 is 0. The fourth-order valence-corrected chi connectivity index (χ4v) is 4.80. The molecule has 1 amide bonds. The molecular formula is C37H62N2O12. The highest BCUT2D eigenvalue weighted by molar-refractivity contribution is 5.98. The lowest BCUT2D eigenvalue weighted by molar-refractivity contribution is -0.128. The summed E-state index contributed by atoms with van der Waals surface area (Å²) < 4.78 is 21.8. The number of amides is 1. The van der Waals surface area contributed by atoms with Gasteiger partial charge in [-0.2, -0.15) is 0 Å². The van der Waals surface area contributed by atoms with Crippen LogP contribution in [0.1, 0.15) is 111 Å². The molecule has 0 atom stereocenters. The van der Waals surface area contributed by atoms with Crippen molar-refractivity contribution in [1.82, 2.24) is 10.2 Å². The highest BCUT2D eigenvalue weighted by Crippen LogP contribution is 2.03. The van der Waals surface area contributed by atoms with Crippen molar-refractivity contribution in [3.63, 3.8) is 0 Å². The quantitative estimate of drug-likeness (QED) is 0.0723. The van der Waals surface area contributed by atoms with Gasteiger partial charge in [0.05, 0.1) is 45.7 Å². The molecule has 0 aromatic heterocycles. The van der Waals surface area contributed by atoms with Crippen molar-refractivity contribution in [3.05, 3.63) is 0 Å². The summed E-state index contributed by atoms with van der Waals surface area (Å²) in [5.41, 5.74) is 0. The van der Waals surface area contributed by atoms with Crippen LogP contribution in [-0.4, -0.2) is 130 Å². The lowest BCUT2D eigenvalue weighted by atomic mass is 10.1. The fraction of sp³-hybridized carbons (Fsp3) is 0.784. The Morgan fingerprint density at radius 3 is 1.27 bits per heavy atom. The molecule has 14 heteroatoms. The van der Waals surface area contributed by atoms with Gasteiger partial charge in [0.25, 0.3) is 0 Å². The molecule has 0 heterocycles. The standard InChI is InChI=1S/C37H62N2O12/c1-4-17-48-18-5-10-32(42)15-23-51-24-16-38-37(47)29-39(27-35(45)13-8-21-49-19-6-11-33(43)25-30(2)40)28-36(46)14-9-22-50-20-7-12-34(44)26-31(3)41/h4-29H2,1-3H3,(H,38,47). The third-order valence-corrected chi connectivity index (χ3v) is 7.22. The number of nitrogens with one attached hydrogen (secondary N) is 1. The Hall–Kier alpha value is -3.04. The molecule has 14 nitrogen and oxygen atoms in total. The third kappa shape index (κ3) is 33.8. The van der Waals surface area contributed by atoms with Crippen molar-refractivity contribution in [2.24, 2.45) is 0 Å². The van der Waals surface area contributed by atoms with E-state index in [1.54, 1.807) is 0 Å². The van der Waals surface area contributed by atoms with Gasteiger partial charge in [-0.15, -0.1) is 0 Å². The topological polar surface area (TPSA) is 189 Å². The van der Waals surface area contributed by atoms with E-state index in [-0.39, 0.29) is 131 Å². The number of ketones is 7. The smallest absolute Gasteiger partial charge is 0.234 e. The molecule has 0 saturated carbocycles. The summed E-state index contributed by atoms with van der Waals surface area (Å²) in [6, 6.07) is 0. The van der Waals surface area contributed by atoms with E-state index in [2.05, 4.69) is 5.32 Å². The Kier molecular flexibility index (Phi) is 30.9. The molecule has 51 heavy (non-hydrogen) atoms. The van der Waals surface area contributed by atoms with Gasteiger partial charge in [0.15, 0.2) is 0 Å². The normalized spacial score (nSPS) is 11.1. The summed E-state index contributed by atoms with van der Waals surface area (Å²) in [5, 5.41) is 2.73. The second-order valence-electron chi connectivity index (χ2n) is 12.7. The second kappa shape index (κ2) is 32.8. The maximum absolute atomic E-state index is 12.7. The molecule has 0 saturated heterocycles. The zero-order valence-electron chi connectivity index (χ0n) is 31.2. The first kappa shape index (κ1) is 48.0. The summed E-state index contributed by atoms with van der Waals surface area (Å²) in [6.45, 7) is 7.67. The van der Waals surface area contributed by atoms with Gasteiger partial charge in [-0.05, 0) is 52.4 Å². The van der Waals surface area contributed by atoms with Crippen molar-refractivity contribution in [2.75, 3.05) is 79.0 Å². The van der Waals surface area contributed by atoms with Gasteiger partial charge in [0.1, 0.15) is 40.5 Å². The van der Waals surface area contributed by atoms with E-state index < -0.39 is 0 Å². The maximum Gasteiger partial charge on any atom is 0.234 e. The van der Waals surface area contributed by atoms with Crippen LogP contribution in [0.5, 0.6) is 0 Å². The average molecular weight is 727 g/mol. The first-order valence-corrected chi connectivity index (χ1v) is 18.3. The molecule has 0 aliphatic rings. The maximum atomic E-state index is 12.7. The zero-order chi connectivity index (χ0) is 38.1. The van der Waals surface area contributed by atoms with Crippen LogP contribution in [0.25, 0.3) is 0 Å². The number of rotatable bonds is 38. The van der Waals surface area contributed by atoms with E-state index in [0.717, 1.165) is 6.42 Å². The van der Waals surface area contributed by atoms with Crippen LogP contribution < -0.4 is 5.32 Å². The zero-order valence-corrected chi connectivity index (χ0v) is 31.2. The minimum absolute atomic E-state index is 0.0708. The number of hydrogen-bond acceptors (Lipinski definition) is 13. The van der Waals surface area contributed by atoms with E-state index in [9.17, 15) is 38.4 Å². The van der Waals surface area contributed by atoms with Gasteiger partial charge in [-0.25, -0.2) is 0 Å². The first-order valence-electron chi connectivity index (χ1n) is 18.3. The minimum Gasteiger partial charge on any atom is -0.381 e. The molecular weight excluding hydrogens is 664 g/mol. The fourth-order valence-electron chi connectivity index (χ4n) is 4.80.